The molecule has 3 nitrogen and oxygen atoms in total. The van der Waals surface area contributed by atoms with Crippen molar-refractivity contribution in [1.29, 1.82) is 0 Å². The highest BCUT2D eigenvalue weighted by Crippen LogP contribution is 2.13. The summed E-state index contributed by atoms with van der Waals surface area (Å²) in [6, 6.07) is 13.4. The van der Waals surface area contributed by atoms with Crippen LogP contribution >= 0.6 is 15.9 Å². The first-order chi connectivity index (χ1) is 9.25. The minimum Gasteiger partial charge on any atom is -0.444 e. The molecule has 2 aromatic rings. The molecule has 0 aliphatic heterocycles. The molecule has 1 aromatic heterocycles. The van der Waals surface area contributed by atoms with Gasteiger partial charge >= 0.3 is 0 Å². The maximum absolute atomic E-state index is 11.6. The molecule has 0 bridgehead atoms. The van der Waals surface area contributed by atoms with E-state index in [1.54, 1.807) is 12.1 Å². The van der Waals surface area contributed by atoms with Crippen LogP contribution in [0.25, 0.3) is 6.08 Å². The molecule has 1 amide bonds. The van der Waals surface area contributed by atoms with E-state index in [0.717, 1.165) is 12.0 Å². The van der Waals surface area contributed by atoms with Crippen LogP contribution in [0.5, 0.6) is 0 Å². The fourth-order valence-corrected chi connectivity index (χ4v) is 1.88. The van der Waals surface area contributed by atoms with Crippen molar-refractivity contribution in [2.75, 3.05) is 6.54 Å². The Labute approximate surface area is 120 Å². The smallest absolute Gasteiger partial charge is 0.287 e. The van der Waals surface area contributed by atoms with Crippen molar-refractivity contribution in [3.8, 4) is 0 Å². The maximum atomic E-state index is 11.6. The molecule has 4 heteroatoms. The number of nitrogens with one attached hydrogen (secondary N) is 1. The molecule has 2 rings (SSSR count). The third kappa shape index (κ3) is 4.41. The lowest BCUT2D eigenvalue weighted by Crippen LogP contribution is -2.23. The first-order valence-electron chi connectivity index (χ1n) is 6.01. The minimum absolute atomic E-state index is 0.196. The quantitative estimate of drug-likeness (QED) is 0.850. The van der Waals surface area contributed by atoms with E-state index in [0.29, 0.717) is 17.0 Å². The second-order valence-electron chi connectivity index (χ2n) is 3.96. The van der Waals surface area contributed by atoms with Gasteiger partial charge in [-0.05, 0) is 40.0 Å². The number of carbonyl (C=O) groups excluding carboxylic acids is 1. The fourth-order valence-electron chi connectivity index (χ4n) is 1.58. The third-order valence-electron chi connectivity index (χ3n) is 2.50. The van der Waals surface area contributed by atoms with Gasteiger partial charge in [-0.3, -0.25) is 4.79 Å². The van der Waals surface area contributed by atoms with Gasteiger partial charge < -0.3 is 9.73 Å². The van der Waals surface area contributed by atoms with Crippen molar-refractivity contribution in [2.45, 2.75) is 6.42 Å². The van der Waals surface area contributed by atoms with Gasteiger partial charge in [-0.1, -0.05) is 42.5 Å². The second kappa shape index (κ2) is 6.95. The number of carbonyl (C=O) groups is 1. The predicted octanol–water partition coefficient (Wildman–Crippen LogP) is 3.88. The van der Waals surface area contributed by atoms with E-state index in [-0.39, 0.29) is 5.91 Å². The average molecular weight is 320 g/mol. The van der Waals surface area contributed by atoms with Crippen LogP contribution in [-0.4, -0.2) is 12.5 Å². The summed E-state index contributed by atoms with van der Waals surface area (Å²) in [7, 11) is 0. The molecule has 0 fully saturated rings. The lowest BCUT2D eigenvalue weighted by Gasteiger charge is -1.99. The van der Waals surface area contributed by atoms with Crippen LogP contribution in [0, 0.1) is 0 Å². The summed E-state index contributed by atoms with van der Waals surface area (Å²) in [4.78, 5) is 11.6. The van der Waals surface area contributed by atoms with Crippen molar-refractivity contribution in [2.24, 2.45) is 0 Å². The van der Waals surface area contributed by atoms with Gasteiger partial charge in [0.05, 0.1) is 0 Å². The van der Waals surface area contributed by atoms with E-state index in [1.807, 2.05) is 42.5 Å². The SMILES string of the molecule is O=C(NCC/C=C/c1ccccc1)c1ccc(Br)o1. The first kappa shape index (κ1) is 13.6. The lowest BCUT2D eigenvalue weighted by molar-refractivity contribution is 0.0925. The highest BCUT2D eigenvalue weighted by atomic mass is 79.9. The van der Waals surface area contributed by atoms with Gasteiger partial charge in [0.2, 0.25) is 0 Å². The second-order valence-corrected chi connectivity index (χ2v) is 4.74. The molecule has 0 spiro atoms. The Hall–Kier alpha value is -1.81. The Balaban J connectivity index is 1.72. The van der Waals surface area contributed by atoms with Crippen molar-refractivity contribution >= 4 is 27.9 Å². The summed E-state index contributed by atoms with van der Waals surface area (Å²) < 4.78 is 5.72. The van der Waals surface area contributed by atoms with Gasteiger partial charge in [0.25, 0.3) is 5.91 Å². The summed E-state index contributed by atoms with van der Waals surface area (Å²) in [5.74, 6) is 0.123. The maximum Gasteiger partial charge on any atom is 0.287 e. The van der Waals surface area contributed by atoms with E-state index < -0.39 is 0 Å². The zero-order chi connectivity index (χ0) is 13.5. The molecule has 98 valence electrons. The van der Waals surface area contributed by atoms with Crippen molar-refractivity contribution in [3.05, 3.63) is 64.5 Å². The van der Waals surface area contributed by atoms with Crippen molar-refractivity contribution in [3.63, 3.8) is 0 Å². The number of hydrogen-bond acceptors (Lipinski definition) is 2. The van der Waals surface area contributed by atoms with E-state index in [9.17, 15) is 4.79 Å². The van der Waals surface area contributed by atoms with E-state index in [4.69, 9.17) is 4.42 Å². The molecular weight excluding hydrogens is 306 g/mol. The van der Waals surface area contributed by atoms with Crippen molar-refractivity contribution in [1.82, 2.24) is 5.32 Å². The molecule has 0 saturated heterocycles. The Morgan fingerprint density at radius 1 is 1.21 bits per heavy atom. The summed E-state index contributed by atoms with van der Waals surface area (Å²) in [6.07, 6.45) is 4.85. The summed E-state index contributed by atoms with van der Waals surface area (Å²) >= 11 is 3.16. The molecule has 19 heavy (non-hydrogen) atoms. The Morgan fingerprint density at radius 2 is 2.00 bits per heavy atom. The molecule has 0 radical (unpaired) electrons. The van der Waals surface area contributed by atoms with E-state index in [2.05, 4.69) is 21.2 Å². The summed E-state index contributed by atoms with van der Waals surface area (Å²) in [5, 5.41) is 2.79. The standard InChI is InChI=1S/C15H14BrNO2/c16-14-10-9-13(19-14)15(18)17-11-5-4-8-12-6-2-1-3-7-12/h1-4,6-10H,5,11H2,(H,17,18)/b8-4+. The monoisotopic (exact) mass is 319 g/mol. The fraction of sp³-hybridized carbons (Fsp3) is 0.133. The molecule has 1 heterocycles. The molecular formula is C15H14BrNO2. The topological polar surface area (TPSA) is 42.2 Å². The van der Waals surface area contributed by atoms with Crippen LogP contribution < -0.4 is 5.32 Å². The molecule has 0 aliphatic rings. The largest absolute Gasteiger partial charge is 0.444 e. The van der Waals surface area contributed by atoms with E-state index >= 15 is 0 Å². The van der Waals surface area contributed by atoms with Gasteiger partial charge in [-0.15, -0.1) is 0 Å². The van der Waals surface area contributed by atoms with Gasteiger partial charge in [0.15, 0.2) is 10.4 Å². The predicted molar refractivity (Wildman–Crippen MR) is 78.8 cm³/mol. The molecule has 0 atom stereocenters. The van der Waals surface area contributed by atoms with E-state index in [1.165, 1.54) is 0 Å². The normalized spacial score (nSPS) is 10.8. The highest BCUT2D eigenvalue weighted by molar-refractivity contribution is 9.10. The van der Waals surface area contributed by atoms with Crippen LogP contribution in [0.15, 0.2) is 57.6 Å². The highest BCUT2D eigenvalue weighted by Gasteiger charge is 2.08. The van der Waals surface area contributed by atoms with Crippen LogP contribution in [0.2, 0.25) is 0 Å². The average Bonchev–Trinajstić information content (AvgIpc) is 2.86. The number of halogens is 1. The molecule has 1 aromatic carbocycles. The van der Waals surface area contributed by atoms with Crippen molar-refractivity contribution < 1.29 is 9.21 Å². The molecule has 0 unspecified atom stereocenters. The summed E-state index contributed by atoms with van der Waals surface area (Å²) in [5.41, 5.74) is 1.16. The van der Waals surface area contributed by atoms with Crippen LogP contribution in [0.3, 0.4) is 0 Å². The van der Waals surface area contributed by atoms with Gasteiger partial charge in [-0.2, -0.15) is 0 Å². The van der Waals surface area contributed by atoms with Gasteiger partial charge in [0.1, 0.15) is 0 Å². The Bertz CT molecular complexity index is 561. The number of benzene rings is 1. The lowest BCUT2D eigenvalue weighted by atomic mass is 10.2. The Kier molecular flexibility index (Phi) is 4.98. The molecule has 0 aliphatic carbocycles. The number of amides is 1. The van der Waals surface area contributed by atoms with Crippen LogP contribution in [-0.2, 0) is 0 Å². The molecule has 1 N–H and O–H groups in total. The number of furan rings is 1. The zero-order valence-electron chi connectivity index (χ0n) is 10.3. The van der Waals surface area contributed by atoms with Crippen LogP contribution in [0.4, 0.5) is 0 Å². The minimum atomic E-state index is -0.196. The van der Waals surface area contributed by atoms with Crippen LogP contribution in [0.1, 0.15) is 22.5 Å². The zero-order valence-corrected chi connectivity index (χ0v) is 11.9. The summed E-state index contributed by atoms with van der Waals surface area (Å²) in [6.45, 7) is 0.584. The van der Waals surface area contributed by atoms with Gasteiger partial charge in [-0.25, -0.2) is 0 Å². The Morgan fingerprint density at radius 3 is 2.68 bits per heavy atom. The number of hydrogen-bond donors (Lipinski definition) is 1. The van der Waals surface area contributed by atoms with Gasteiger partial charge in [0, 0.05) is 6.54 Å². The molecule has 0 saturated carbocycles. The first-order valence-corrected chi connectivity index (χ1v) is 6.80. The number of rotatable bonds is 5. The third-order valence-corrected chi connectivity index (χ3v) is 2.93.